The number of rotatable bonds is 9. The summed E-state index contributed by atoms with van der Waals surface area (Å²) in [4.78, 5) is 27.8. The minimum Gasteiger partial charge on any atom is -0.482 e. The number of nitrogens with one attached hydrogen (secondary N) is 1. The van der Waals surface area contributed by atoms with Crippen molar-refractivity contribution in [3.8, 4) is 5.75 Å². The molecule has 0 bridgehead atoms. The Bertz CT molecular complexity index is 1160. The first-order valence-electron chi connectivity index (χ1n) is 10.3. The lowest BCUT2D eigenvalue weighted by Gasteiger charge is -2.31. The summed E-state index contributed by atoms with van der Waals surface area (Å²) in [6, 6.07) is 18.8. The van der Waals surface area contributed by atoms with Crippen LogP contribution < -0.4 is 10.1 Å². The van der Waals surface area contributed by atoms with Crippen LogP contribution in [0.1, 0.15) is 11.1 Å². The Labute approximate surface area is 222 Å². The number of hydrogen-bond acceptors (Lipinski definition) is 3. The van der Waals surface area contributed by atoms with Crippen LogP contribution in [0.4, 0.5) is 0 Å². The van der Waals surface area contributed by atoms with Gasteiger partial charge in [-0.3, -0.25) is 9.59 Å². The van der Waals surface area contributed by atoms with E-state index in [1.807, 2.05) is 30.3 Å². The number of hydrogen-bond donors (Lipinski definition) is 1. The van der Waals surface area contributed by atoms with Crippen LogP contribution >= 0.6 is 50.7 Å². The van der Waals surface area contributed by atoms with E-state index >= 15 is 0 Å². The maximum Gasteiger partial charge on any atom is 0.261 e. The summed E-state index contributed by atoms with van der Waals surface area (Å²) >= 11 is 22.0. The monoisotopic (exact) mass is 582 g/mol. The van der Waals surface area contributed by atoms with E-state index in [4.69, 9.17) is 39.5 Å². The van der Waals surface area contributed by atoms with Crippen LogP contribution in [0.3, 0.4) is 0 Å². The molecule has 0 aromatic heterocycles. The van der Waals surface area contributed by atoms with E-state index in [1.165, 1.54) is 11.9 Å². The molecule has 9 heteroatoms. The van der Waals surface area contributed by atoms with Gasteiger partial charge in [0.2, 0.25) is 5.91 Å². The molecule has 34 heavy (non-hydrogen) atoms. The van der Waals surface area contributed by atoms with E-state index < -0.39 is 11.9 Å². The van der Waals surface area contributed by atoms with Gasteiger partial charge in [-0.15, -0.1) is 0 Å². The summed E-state index contributed by atoms with van der Waals surface area (Å²) in [5.41, 5.74) is 1.57. The number of halogens is 4. The quantitative estimate of drug-likeness (QED) is 0.327. The summed E-state index contributed by atoms with van der Waals surface area (Å²) in [5.74, 6) is -0.333. The first-order chi connectivity index (χ1) is 16.3. The SMILES string of the molecule is CNC(=O)[C@@H](Cc1ccccc1)N(Cc1ccc(Cl)cc1Cl)C(=O)COc1ccc(Br)cc1Cl. The summed E-state index contributed by atoms with van der Waals surface area (Å²) < 4.78 is 6.50. The molecule has 0 fully saturated rings. The van der Waals surface area contributed by atoms with Crippen molar-refractivity contribution in [2.45, 2.75) is 19.0 Å². The van der Waals surface area contributed by atoms with Crippen molar-refractivity contribution in [1.29, 1.82) is 0 Å². The molecule has 0 aliphatic heterocycles. The summed E-state index contributed by atoms with van der Waals surface area (Å²) in [6.45, 7) is -0.216. The first kappa shape index (κ1) is 26.4. The fraction of sp³-hybridized carbons (Fsp3) is 0.200. The molecule has 178 valence electrons. The highest BCUT2D eigenvalue weighted by Gasteiger charge is 2.30. The van der Waals surface area contributed by atoms with E-state index in [-0.39, 0.29) is 19.1 Å². The van der Waals surface area contributed by atoms with Gasteiger partial charge in [-0.2, -0.15) is 0 Å². The van der Waals surface area contributed by atoms with E-state index in [2.05, 4.69) is 21.2 Å². The number of benzene rings is 3. The fourth-order valence-corrected chi connectivity index (χ4v) is 4.56. The molecule has 2 amide bonds. The van der Waals surface area contributed by atoms with Gasteiger partial charge in [0.05, 0.1) is 5.02 Å². The van der Waals surface area contributed by atoms with E-state index in [0.717, 1.165) is 10.0 Å². The molecular formula is C25H22BrCl3N2O3. The molecule has 1 atom stereocenters. The largest absolute Gasteiger partial charge is 0.482 e. The number of likely N-dealkylation sites (N-methyl/N-ethyl adjacent to an activating group) is 1. The molecule has 0 aliphatic carbocycles. The molecule has 3 aromatic carbocycles. The molecule has 0 radical (unpaired) electrons. The van der Waals surface area contributed by atoms with Gasteiger partial charge in [0.25, 0.3) is 5.91 Å². The van der Waals surface area contributed by atoms with Gasteiger partial charge in [-0.1, -0.05) is 87.1 Å². The number of ether oxygens (including phenoxy) is 1. The van der Waals surface area contributed by atoms with Crippen LogP contribution in [0.2, 0.25) is 15.1 Å². The molecule has 0 heterocycles. The average Bonchev–Trinajstić information content (AvgIpc) is 2.82. The van der Waals surface area contributed by atoms with Crippen molar-refractivity contribution in [3.63, 3.8) is 0 Å². The Morgan fingerprint density at radius 1 is 1.00 bits per heavy atom. The van der Waals surface area contributed by atoms with Crippen LogP contribution in [-0.4, -0.2) is 36.4 Å². The zero-order valence-electron chi connectivity index (χ0n) is 18.2. The van der Waals surface area contributed by atoms with Crippen LogP contribution in [-0.2, 0) is 22.6 Å². The molecular weight excluding hydrogens is 563 g/mol. The van der Waals surface area contributed by atoms with Crippen molar-refractivity contribution < 1.29 is 14.3 Å². The summed E-state index contributed by atoms with van der Waals surface area (Å²) in [5, 5.41) is 3.91. The van der Waals surface area contributed by atoms with Crippen LogP contribution in [0, 0.1) is 0 Å². The zero-order chi connectivity index (χ0) is 24.7. The van der Waals surface area contributed by atoms with Gasteiger partial charge < -0.3 is 15.0 Å². The van der Waals surface area contributed by atoms with Gasteiger partial charge in [0.15, 0.2) is 6.61 Å². The third-order valence-electron chi connectivity index (χ3n) is 5.12. The molecule has 1 N–H and O–H groups in total. The van der Waals surface area contributed by atoms with Crippen LogP contribution in [0.15, 0.2) is 71.2 Å². The highest BCUT2D eigenvalue weighted by molar-refractivity contribution is 9.10. The smallest absolute Gasteiger partial charge is 0.261 e. The lowest BCUT2D eigenvalue weighted by molar-refractivity contribution is -0.142. The van der Waals surface area contributed by atoms with E-state index in [1.54, 1.807) is 36.4 Å². The third kappa shape index (κ3) is 7.12. The number of carbonyl (C=O) groups excluding carboxylic acids is 2. The molecule has 0 aliphatic rings. The standard InChI is InChI=1S/C25H22BrCl3N2O3/c1-30-25(33)22(11-16-5-3-2-4-6-16)31(14-17-7-9-19(27)13-20(17)28)24(32)15-34-23-10-8-18(26)12-21(23)29/h2-10,12-13,22H,11,14-15H2,1H3,(H,30,33)/t22-/m1/s1. The highest BCUT2D eigenvalue weighted by atomic mass is 79.9. The highest BCUT2D eigenvalue weighted by Crippen LogP contribution is 2.28. The lowest BCUT2D eigenvalue weighted by Crippen LogP contribution is -2.51. The van der Waals surface area contributed by atoms with Gasteiger partial charge in [-0.25, -0.2) is 0 Å². The maximum atomic E-state index is 13.4. The molecule has 3 rings (SSSR count). The van der Waals surface area contributed by atoms with E-state index in [9.17, 15) is 9.59 Å². The summed E-state index contributed by atoms with van der Waals surface area (Å²) in [7, 11) is 1.54. The summed E-state index contributed by atoms with van der Waals surface area (Å²) in [6.07, 6.45) is 0.316. The predicted octanol–water partition coefficient (Wildman–Crippen LogP) is 6.17. The van der Waals surface area contributed by atoms with Gasteiger partial charge in [0, 0.05) is 34.5 Å². The topological polar surface area (TPSA) is 58.6 Å². The maximum absolute atomic E-state index is 13.4. The van der Waals surface area contributed by atoms with Gasteiger partial charge in [0.1, 0.15) is 11.8 Å². The first-order valence-corrected chi connectivity index (χ1v) is 12.3. The average molecular weight is 585 g/mol. The Morgan fingerprint density at radius 2 is 1.74 bits per heavy atom. The van der Waals surface area contributed by atoms with Crippen LogP contribution in [0.25, 0.3) is 0 Å². The Hall–Kier alpha value is -2.25. The fourth-order valence-electron chi connectivity index (χ4n) is 3.37. The Balaban J connectivity index is 1.91. The Morgan fingerprint density at radius 3 is 2.38 bits per heavy atom. The lowest BCUT2D eigenvalue weighted by atomic mass is 10.0. The van der Waals surface area contributed by atoms with Gasteiger partial charge >= 0.3 is 0 Å². The normalized spacial score (nSPS) is 11.6. The second-order valence-electron chi connectivity index (χ2n) is 7.44. The van der Waals surface area contributed by atoms with Crippen molar-refractivity contribution in [3.05, 3.63) is 97.4 Å². The van der Waals surface area contributed by atoms with Gasteiger partial charge in [-0.05, 0) is 41.5 Å². The molecule has 0 unspecified atom stereocenters. The predicted molar refractivity (Wildman–Crippen MR) is 140 cm³/mol. The third-order valence-corrected chi connectivity index (χ3v) is 6.49. The second kappa shape index (κ2) is 12.5. The van der Waals surface area contributed by atoms with E-state index in [0.29, 0.717) is 32.8 Å². The van der Waals surface area contributed by atoms with Crippen molar-refractivity contribution in [2.24, 2.45) is 0 Å². The minimum atomic E-state index is -0.796. The number of carbonyl (C=O) groups is 2. The zero-order valence-corrected chi connectivity index (χ0v) is 22.1. The van der Waals surface area contributed by atoms with Crippen molar-refractivity contribution >= 4 is 62.5 Å². The molecule has 5 nitrogen and oxygen atoms in total. The van der Waals surface area contributed by atoms with Crippen LogP contribution in [0.5, 0.6) is 5.75 Å². The molecule has 0 saturated heterocycles. The van der Waals surface area contributed by atoms with Crippen molar-refractivity contribution in [2.75, 3.05) is 13.7 Å². The molecule has 0 spiro atoms. The number of amides is 2. The molecule has 0 saturated carbocycles. The minimum absolute atomic E-state index is 0.0944. The Kier molecular flexibility index (Phi) is 9.65. The second-order valence-corrected chi connectivity index (χ2v) is 9.61. The molecule has 3 aromatic rings. The van der Waals surface area contributed by atoms with Crippen molar-refractivity contribution in [1.82, 2.24) is 10.2 Å². The number of nitrogens with zero attached hydrogens (tertiary/aromatic N) is 1.